The van der Waals surface area contributed by atoms with E-state index in [0.29, 0.717) is 16.7 Å². The van der Waals surface area contributed by atoms with Crippen LogP contribution in [0.25, 0.3) is 11.5 Å². The van der Waals surface area contributed by atoms with Crippen molar-refractivity contribution in [2.75, 3.05) is 0 Å². The number of ether oxygens (including phenoxy) is 1. The molecule has 4 aromatic carbocycles. The Morgan fingerprint density at radius 3 is 2.13 bits per heavy atom. The van der Waals surface area contributed by atoms with E-state index in [1.807, 2.05) is 37.3 Å². The highest BCUT2D eigenvalue weighted by atomic mass is 79.9. The number of benzene rings is 4. The third kappa shape index (κ3) is 5.87. The quantitative estimate of drug-likeness (QED) is 0.173. The molecule has 1 unspecified atom stereocenters. The van der Waals surface area contributed by atoms with Gasteiger partial charge in [-0.25, -0.2) is 18.2 Å². The lowest BCUT2D eigenvalue weighted by atomic mass is 10.1. The lowest BCUT2D eigenvalue weighted by Gasteiger charge is -2.18. The van der Waals surface area contributed by atoms with E-state index in [4.69, 9.17) is 14.1 Å². The Bertz CT molecular complexity index is 1680. The Hall–Kier alpha value is -4.01. The molecular formula is C31H24BrNO5S. The van der Waals surface area contributed by atoms with Crippen molar-refractivity contribution in [2.24, 2.45) is 0 Å². The molecule has 0 aliphatic heterocycles. The highest BCUT2D eigenvalue weighted by Gasteiger charge is 2.36. The molecule has 0 saturated carbocycles. The van der Waals surface area contributed by atoms with Crippen LogP contribution in [0.15, 0.2) is 123 Å². The van der Waals surface area contributed by atoms with Crippen LogP contribution in [0.5, 0.6) is 0 Å². The van der Waals surface area contributed by atoms with Gasteiger partial charge in [0.1, 0.15) is 10.9 Å². The van der Waals surface area contributed by atoms with E-state index in [9.17, 15) is 13.2 Å². The minimum absolute atomic E-state index is 0.150. The van der Waals surface area contributed by atoms with Gasteiger partial charge < -0.3 is 9.15 Å². The van der Waals surface area contributed by atoms with Gasteiger partial charge in [0.2, 0.25) is 5.89 Å². The summed E-state index contributed by atoms with van der Waals surface area (Å²) in [5.41, 5.74) is 2.65. The standard InChI is InChI=1S/C31H24BrNO5S/c1-21-12-18-26(19-13-21)39(35,36)29(22-14-16-25(32)17-15-22)28-27(20-37-31(34)24-10-6-3-7-11-24)38-30(33-28)23-8-4-2-5-9-23/h2-19,29H,20H2,1H3. The monoisotopic (exact) mass is 601 g/mol. The molecule has 39 heavy (non-hydrogen) atoms. The minimum atomic E-state index is -4.00. The summed E-state index contributed by atoms with van der Waals surface area (Å²) in [5.74, 6) is -0.167. The fourth-order valence-electron chi connectivity index (χ4n) is 4.15. The van der Waals surface area contributed by atoms with Gasteiger partial charge in [0.25, 0.3) is 0 Å². The number of hydrogen-bond acceptors (Lipinski definition) is 6. The summed E-state index contributed by atoms with van der Waals surface area (Å²) in [5, 5.41) is -1.21. The first-order chi connectivity index (χ1) is 18.8. The fourth-order valence-corrected chi connectivity index (χ4v) is 6.20. The maximum Gasteiger partial charge on any atom is 0.338 e. The van der Waals surface area contributed by atoms with Crippen LogP contribution in [-0.4, -0.2) is 19.4 Å². The van der Waals surface area contributed by atoms with Crippen LogP contribution in [0.1, 0.15) is 38.2 Å². The van der Waals surface area contributed by atoms with Crippen LogP contribution in [0.2, 0.25) is 0 Å². The lowest BCUT2D eigenvalue weighted by molar-refractivity contribution is 0.0445. The normalized spacial score (nSPS) is 12.2. The Morgan fingerprint density at radius 1 is 0.872 bits per heavy atom. The number of carbonyl (C=O) groups excluding carboxylic acids is 1. The number of nitrogens with zero attached hydrogens (tertiary/aromatic N) is 1. The molecule has 5 rings (SSSR count). The molecule has 8 heteroatoms. The van der Waals surface area contributed by atoms with Gasteiger partial charge in [-0.1, -0.05) is 82.2 Å². The molecule has 0 bridgehead atoms. The van der Waals surface area contributed by atoms with Crippen molar-refractivity contribution in [1.82, 2.24) is 4.98 Å². The zero-order chi connectivity index (χ0) is 27.4. The number of carbonyl (C=O) groups is 1. The van der Waals surface area contributed by atoms with Crippen LogP contribution >= 0.6 is 15.9 Å². The van der Waals surface area contributed by atoms with Gasteiger partial charge in [-0.15, -0.1) is 0 Å². The summed E-state index contributed by atoms with van der Waals surface area (Å²) in [6.07, 6.45) is 0. The number of oxazole rings is 1. The van der Waals surface area contributed by atoms with Gasteiger partial charge in [0, 0.05) is 10.0 Å². The largest absolute Gasteiger partial charge is 0.454 e. The molecule has 0 saturated heterocycles. The summed E-state index contributed by atoms with van der Waals surface area (Å²) in [4.78, 5) is 17.6. The predicted molar refractivity (Wildman–Crippen MR) is 152 cm³/mol. The molecule has 196 valence electrons. The predicted octanol–water partition coefficient (Wildman–Crippen LogP) is 7.33. The highest BCUT2D eigenvalue weighted by molar-refractivity contribution is 9.10. The third-order valence-corrected chi connectivity index (χ3v) is 8.75. The van der Waals surface area contributed by atoms with Gasteiger partial charge in [-0.05, 0) is 61.0 Å². The van der Waals surface area contributed by atoms with E-state index in [0.717, 1.165) is 10.0 Å². The summed E-state index contributed by atoms with van der Waals surface area (Å²) in [7, 11) is -4.00. The zero-order valence-electron chi connectivity index (χ0n) is 21.0. The molecule has 1 atom stereocenters. The topological polar surface area (TPSA) is 86.5 Å². The number of hydrogen-bond donors (Lipinski definition) is 0. The molecule has 0 spiro atoms. The van der Waals surface area contributed by atoms with Crippen molar-refractivity contribution in [1.29, 1.82) is 0 Å². The summed E-state index contributed by atoms with van der Waals surface area (Å²) in [6, 6.07) is 31.4. The third-order valence-electron chi connectivity index (χ3n) is 6.17. The van der Waals surface area contributed by atoms with E-state index in [1.54, 1.807) is 78.9 Å². The highest BCUT2D eigenvalue weighted by Crippen LogP contribution is 2.39. The molecule has 1 aromatic heterocycles. The van der Waals surface area contributed by atoms with Crippen molar-refractivity contribution in [2.45, 2.75) is 23.7 Å². The van der Waals surface area contributed by atoms with Gasteiger partial charge in [-0.2, -0.15) is 0 Å². The number of aryl methyl sites for hydroxylation is 1. The van der Waals surface area contributed by atoms with E-state index in [-0.39, 0.29) is 28.8 Å². The van der Waals surface area contributed by atoms with E-state index < -0.39 is 21.1 Å². The van der Waals surface area contributed by atoms with E-state index >= 15 is 0 Å². The average molecular weight is 603 g/mol. The molecule has 0 fully saturated rings. The van der Waals surface area contributed by atoms with Crippen molar-refractivity contribution in [3.05, 3.63) is 142 Å². The minimum Gasteiger partial charge on any atom is -0.454 e. The van der Waals surface area contributed by atoms with Crippen LogP contribution in [0.3, 0.4) is 0 Å². The maximum atomic E-state index is 14.2. The maximum absolute atomic E-state index is 14.2. The molecule has 5 aromatic rings. The average Bonchev–Trinajstić information content (AvgIpc) is 3.37. The van der Waals surface area contributed by atoms with Crippen molar-refractivity contribution in [3.63, 3.8) is 0 Å². The Labute approximate surface area is 235 Å². The molecule has 0 aliphatic carbocycles. The first-order valence-electron chi connectivity index (χ1n) is 12.2. The van der Waals surface area contributed by atoms with Gasteiger partial charge in [0.05, 0.1) is 10.5 Å². The van der Waals surface area contributed by atoms with Crippen LogP contribution < -0.4 is 0 Å². The van der Waals surface area contributed by atoms with Crippen LogP contribution in [0.4, 0.5) is 0 Å². The molecule has 0 N–H and O–H groups in total. The lowest BCUT2D eigenvalue weighted by Crippen LogP contribution is -2.18. The van der Waals surface area contributed by atoms with E-state index in [1.165, 1.54) is 0 Å². The number of rotatable bonds is 8. The molecule has 0 aliphatic rings. The molecule has 1 heterocycles. The summed E-state index contributed by atoms with van der Waals surface area (Å²) in [6.45, 7) is 1.60. The second-order valence-corrected chi connectivity index (χ2v) is 11.9. The molecule has 0 amide bonds. The van der Waals surface area contributed by atoms with Gasteiger partial charge in [0.15, 0.2) is 22.2 Å². The zero-order valence-corrected chi connectivity index (χ0v) is 23.4. The number of sulfone groups is 1. The first kappa shape index (κ1) is 26.6. The molecule has 6 nitrogen and oxygen atoms in total. The van der Waals surface area contributed by atoms with Crippen molar-refractivity contribution < 1.29 is 22.4 Å². The second kappa shape index (κ2) is 11.4. The SMILES string of the molecule is Cc1ccc(S(=O)(=O)C(c2ccc(Br)cc2)c2nc(-c3ccccc3)oc2COC(=O)c2ccccc2)cc1. The molecule has 0 radical (unpaired) electrons. The van der Waals surface area contributed by atoms with Crippen molar-refractivity contribution >= 4 is 31.7 Å². The Morgan fingerprint density at radius 2 is 1.49 bits per heavy atom. The fraction of sp³-hybridized carbons (Fsp3) is 0.0968. The van der Waals surface area contributed by atoms with E-state index in [2.05, 4.69) is 15.9 Å². The molecular weight excluding hydrogens is 578 g/mol. The summed E-state index contributed by atoms with van der Waals surface area (Å²) >= 11 is 3.43. The second-order valence-electron chi connectivity index (χ2n) is 8.93. The Balaban J connectivity index is 1.64. The van der Waals surface area contributed by atoms with Crippen LogP contribution in [0, 0.1) is 6.92 Å². The van der Waals surface area contributed by atoms with Gasteiger partial charge in [-0.3, -0.25) is 0 Å². The van der Waals surface area contributed by atoms with Crippen LogP contribution in [-0.2, 0) is 21.2 Å². The first-order valence-corrected chi connectivity index (χ1v) is 14.5. The summed E-state index contributed by atoms with van der Waals surface area (Å²) < 4.78 is 40.8. The number of aromatic nitrogens is 1. The number of halogens is 1. The van der Waals surface area contributed by atoms with Gasteiger partial charge >= 0.3 is 5.97 Å². The Kier molecular flexibility index (Phi) is 7.77. The number of esters is 1. The smallest absolute Gasteiger partial charge is 0.338 e. The van der Waals surface area contributed by atoms with Crippen molar-refractivity contribution in [3.8, 4) is 11.5 Å².